The van der Waals surface area contributed by atoms with Gasteiger partial charge in [-0.25, -0.2) is 4.57 Å². The molecule has 38 heavy (non-hydrogen) atoms. The van der Waals surface area contributed by atoms with E-state index in [4.69, 9.17) is 13.8 Å². The van der Waals surface area contributed by atoms with Crippen LogP contribution in [0.25, 0.3) is 0 Å². The molecule has 0 spiro atoms. The lowest BCUT2D eigenvalue weighted by Crippen LogP contribution is -2.27. The number of rotatable bonds is 28. The van der Waals surface area contributed by atoms with Crippen LogP contribution in [-0.4, -0.2) is 54.3 Å². The molecule has 0 rings (SSSR count). The number of aliphatic hydroxyl groups is 1. The number of hydrogen-bond acceptors (Lipinski definition) is 7. The summed E-state index contributed by atoms with van der Waals surface area (Å²) >= 11 is 0. The molecule has 1 amide bonds. The minimum Gasteiger partial charge on any atom is -0.463 e. The highest BCUT2D eigenvalue weighted by atomic mass is 31.2. The van der Waals surface area contributed by atoms with Crippen LogP contribution in [-0.2, 0) is 27.9 Å². The second-order valence-corrected chi connectivity index (χ2v) is 11.5. The Morgan fingerprint density at radius 2 is 1.18 bits per heavy atom. The van der Waals surface area contributed by atoms with E-state index in [1.54, 1.807) is 0 Å². The number of aliphatic hydroxyl groups excluding tert-OH is 1. The Bertz CT molecular complexity index is 620. The number of unbranched alkanes of at least 4 members (excludes halogenated alkanes) is 15. The summed E-state index contributed by atoms with van der Waals surface area (Å²) in [5.74, 6) is -0.522. The number of carbonyl (C=O) groups is 2. The largest absolute Gasteiger partial charge is 0.472 e. The summed E-state index contributed by atoms with van der Waals surface area (Å²) in [5, 5.41) is 12.5. The van der Waals surface area contributed by atoms with Gasteiger partial charge in [0.15, 0.2) is 0 Å². The van der Waals surface area contributed by atoms with Gasteiger partial charge in [0.05, 0.1) is 13.2 Å². The first-order valence-electron chi connectivity index (χ1n) is 15.0. The summed E-state index contributed by atoms with van der Waals surface area (Å²) < 4.78 is 26.5. The smallest absolute Gasteiger partial charge is 0.463 e. The van der Waals surface area contributed by atoms with Gasteiger partial charge in [-0.2, -0.15) is 0 Å². The molecule has 0 aliphatic carbocycles. The molecule has 0 bridgehead atoms. The van der Waals surface area contributed by atoms with Crippen molar-refractivity contribution in [3.63, 3.8) is 0 Å². The molecule has 10 heteroatoms. The lowest BCUT2D eigenvalue weighted by atomic mass is 10.1. The summed E-state index contributed by atoms with van der Waals surface area (Å²) in [6.07, 6.45) is 19.1. The van der Waals surface area contributed by atoms with Gasteiger partial charge in [-0.15, -0.1) is 0 Å². The number of ether oxygens (including phenoxy) is 1. The SMILES string of the molecule is CCCCCCCCCCCC(=O)OCC(O)COP(=O)(O)OCCNC(=O)CCCCCCCCCC. The van der Waals surface area contributed by atoms with Crippen molar-refractivity contribution in [2.24, 2.45) is 0 Å². The van der Waals surface area contributed by atoms with Crippen LogP contribution in [0.3, 0.4) is 0 Å². The molecule has 0 fully saturated rings. The first-order chi connectivity index (χ1) is 18.3. The highest BCUT2D eigenvalue weighted by molar-refractivity contribution is 7.47. The molecule has 3 N–H and O–H groups in total. The summed E-state index contributed by atoms with van der Waals surface area (Å²) in [6.45, 7) is 3.47. The topological polar surface area (TPSA) is 131 Å². The Morgan fingerprint density at radius 1 is 0.711 bits per heavy atom. The first kappa shape index (κ1) is 37.0. The zero-order valence-corrected chi connectivity index (χ0v) is 25.0. The molecule has 0 saturated carbocycles. The van der Waals surface area contributed by atoms with E-state index in [-0.39, 0.29) is 32.1 Å². The quantitative estimate of drug-likeness (QED) is 0.0550. The minimum absolute atomic E-state index is 0.0861. The molecule has 9 nitrogen and oxygen atoms in total. The second kappa shape index (κ2) is 26.2. The fourth-order valence-electron chi connectivity index (χ4n) is 3.97. The number of amides is 1. The van der Waals surface area contributed by atoms with Crippen molar-refractivity contribution in [1.29, 1.82) is 0 Å². The minimum atomic E-state index is -4.39. The van der Waals surface area contributed by atoms with Crippen molar-refractivity contribution in [3.05, 3.63) is 0 Å². The summed E-state index contributed by atoms with van der Waals surface area (Å²) in [7, 11) is -4.39. The molecule has 0 aliphatic rings. The van der Waals surface area contributed by atoms with E-state index in [2.05, 4.69) is 19.2 Å². The maximum atomic E-state index is 11.9. The lowest BCUT2D eigenvalue weighted by Gasteiger charge is -2.15. The van der Waals surface area contributed by atoms with Gasteiger partial charge in [0.2, 0.25) is 5.91 Å². The number of nitrogens with one attached hydrogen (secondary N) is 1. The first-order valence-corrected chi connectivity index (χ1v) is 16.5. The molecule has 226 valence electrons. The maximum Gasteiger partial charge on any atom is 0.472 e. The number of esters is 1. The molecule has 0 aliphatic heterocycles. The Kier molecular flexibility index (Phi) is 25.6. The molecule has 2 unspecified atom stereocenters. The normalized spacial score (nSPS) is 13.7. The maximum absolute atomic E-state index is 11.9. The van der Waals surface area contributed by atoms with Crippen LogP contribution in [0.5, 0.6) is 0 Å². The van der Waals surface area contributed by atoms with Crippen molar-refractivity contribution >= 4 is 19.7 Å². The Balaban J connectivity index is 3.68. The van der Waals surface area contributed by atoms with E-state index in [0.29, 0.717) is 6.42 Å². The van der Waals surface area contributed by atoms with Gasteiger partial charge in [-0.1, -0.05) is 110 Å². The average molecular weight is 566 g/mol. The van der Waals surface area contributed by atoms with Crippen LogP contribution in [0.2, 0.25) is 0 Å². The number of phosphoric ester groups is 1. The molecule has 0 radical (unpaired) electrons. The zero-order chi connectivity index (χ0) is 28.3. The van der Waals surface area contributed by atoms with Crippen molar-refractivity contribution < 1.29 is 37.9 Å². The van der Waals surface area contributed by atoms with E-state index in [0.717, 1.165) is 38.5 Å². The third-order valence-electron chi connectivity index (χ3n) is 6.29. The standard InChI is InChI=1S/C28H56NO8P/c1-3-5-7-9-11-13-15-17-19-21-28(32)35-24-26(30)25-37-38(33,34)36-23-22-29-27(31)20-18-16-14-12-10-8-6-4-2/h26,30H,3-25H2,1-2H3,(H,29,31)(H,33,34). The second-order valence-electron chi connectivity index (χ2n) is 10.1. The van der Waals surface area contributed by atoms with Crippen LogP contribution >= 0.6 is 7.82 Å². The third kappa shape index (κ3) is 26.6. The molecular formula is C28H56NO8P. The van der Waals surface area contributed by atoms with Crippen molar-refractivity contribution in [1.82, 2.24) is 5.32 Å². The van der Waals surface area contributed by atoms with Crippen LogP contribution in [0, 0.1) is 0 Å². The number of carbonyl (C=O) groups excluding carboxylic acids is 2. The van der Waals surface area contributed by atoms with E-state index in [1.807, 2.05) is 0 Å². The summed E-state index contributed by atoms with van der Waals surface area (Å²) in [5.41, 5.74) is 0. The summed E-state index contributed by atoms with van der Waals surface area (Å²) in [4.78, 5) is 33.3. The van der Waals surface area contributed by atoms with E-state index in [1.165, 1.54) is 70.6 Å². The predicted molar refractivity (Wildman–Crippen MR) is 151 cm³/mol. The monoisotopic (exact) mass is 565 g/mol. The Hall–Kier alpha value is -0.990. The van der Waals surface area contributed by atoms with Gasteiger partial charge in [-0.3, -0.25) is 18.6 Å². The van der Waals surface area contributed by atoms with Gasteiger partial charge < -0.3 is 20.1 Å². The molecule has 0 saturated heterocycles. The van der Waals surface area contributed by atoms with E-state index in [9.17, 15) is 24.2 Å². The van der Waals surface area contributed by atoms with Gasteiger partial charge >= 0.3 is 13.8 Å². The highest BCUT2D eigenvalue weighted by Gasteiger charge is 2.23. The van der Waals surface area contributed by atoms with Crippen molar-refractivity contribution in [2.45, 2.75) is 142 Å². The van der Waals surface area contributed by atoms with Crippen LogP contribution in [0.15, 0.2) is 0 Å². The van der Waals surface area contributed by atoms with Crippen LogP contribution < -0.4 is 5.32 Å². The van der Waals surface area contributed by atoms with Gasteiger partial charge in [-0.05, 0) is 12.8 Å². The fraction of sp³-hybridized carbons (Fsp3) is 0.929. The van der Waals surface area contributed by atoms with Crippen LogP contribution in [0.4, 0.5) is 0 Å². The molecule has 2 atom stereocenters. The third-order valence-corrected chi connectivity index (χ3v) is 7.27. The van der Waals surface area contributed by atoms with Crippen molar-refractivity contribution in [2.75, 3.05) is 26.4 Å². The molecule has 0 aromatic rings. The molecule has 0 aromatic carbocycles. The fourth-order valence-corrected chi connectivity index (χ4v) is 4.72. The van der Waals surface area contributed by atoms with Gasteiger partial charge in [0, 0.05) is 19.4 Å². The van der Waals surface area contributed by atoms with Crippen LogP contribution in [0.1, 0.15) is 136 Å². The molecule has 0 heterocycles. The highest BCUT2D eigenvalue weighted by Crippen LogP contribution is 2.42. The Labute approximate surface area is 231 Å². The van der Waals surface area contributed by atoms with Gasteiger partial charge in [0.1, 0.15) is 12.7 Å². The van der Waals surface area contributed by atoms with Crippen molar-refractivity contribution in [3.8, 4) is 0 Å². The van der Waals surface area contributed by atoms with E-state index < -0.39 is 26.5 Å². The number of phosphoric acid groups is 1. The number of hydrogen-bond donors (Lipinski definition) is 3. The summed E-state index contributed by atoms with van der Waals surface area (Å²) in [6, 6.07) is 0. The molecule has 0 aromatic heterocycles. The predicted octanol–water partition coefficient (Wildman–Crippen LogP) is 6.59. The van der Waals surface area contributed by atoms with Gasteiger partial charge in [0.25, 0.3) is 0 Å². The average Bonchev–Trinajstić information content (AvgIpc) is 2.89. The molecular weight excluding hydrogens is 509 g/mol. The lowest BCUT2D eigenvalue weighted by molar-refractivity contribution is -0.147. The zero-order valence-electron chi connectivity index (χ0n) is 24.1. The van der Waals surface area contributed by atoms with E-state index >= 15 is 0 Å². The Morgan fingerprint density at radius 3 is 1.71 bits per heavy atom.